The minimum atomic E-state index is -3.58. The molecule has 0 aromatic heterocycles. The molecule has 0 aliphatic rings. The van der Waals surface area contributed by atoms with E-state index >= 15 is 0 Å². The normalized spacial score (nSPS) is 11.1. The Kier molecular flexibility index (Phi) is 5.53. The first-order valence-electron chi connectivity index (χ1n) is 7.65. The van der Waals surface area contributed by atoms with Gasteiger partial charge in [-0.05, 0) is 31.5 Å². The van der Waals surface area contributed by atoms with Gasteiger partial charge in [-0.2, -0.15) is 0 Å². The molecule has 0 bridgehead atoms. The lowest BCUT2D eigenvalue weighted by Crippen LogP contribution is -2.18. The molecular formula is C17H18N2O5S. The maximum absolute atomic E-state index is 12.6. The minimum Gasteiger partial charge on any atom is -0.321 e. The number of rotatable bonds is 6. The Balaban J connectivity index is 2.41. The smallest absolute Gasteiger partial charge is 0.274 e. The molecule has 0 radical (unpaired) electrons. The highest BCUT2D eigenvalue weighted by molar-refractivity contribution is 7.91. The first kappa shape index (κ1) is 18.6. The maximum atomic E-state index is 12.6. The standard InChI is InChI=1S/C17H18N2O5S/c1-3-11-25(23,24)16-10-5-4-7-13(16)17(20)18-14-8-6-9-15(12(14)2)19(21)22/h4-10H,3,11H2,1-2H3,(H,18,20). The molecule has 2 aromatic carbocycles. The topological polar surface area (TPSA) is 106 Å². The van der Waals surface area contributed by atoms with Gasteiger partial charge in [-0.25, -0.2) is 8.42 Å². The molecule has 0 saturated heterocycles. The highest BCUT2D eigenvalue weighted by Gasteiger charge is 2.22. The predicted molar refractivity (Wildman–Crippen MR) is 94.6 cm³/mol. The van der Waals surface area contributed by atoms with Crippen LogP contribution in [0.2, 0.25) is 0 Å². The summed E-state index contributed by atoms with van der Waals surface area (Å²) < 4.78 is 24.7. The molecule has 0 fully saturated rings. The Morgan fingerprint density at radius 3 is 2.48 bits per heavy atom. The zero-order valence-electron chi connectivity index (χ0n) is 13.9. The van der Waals surface area contributed by atoms with Gasteiger partial charge < -0.3 is 5.32 Å². The highest BCUT2D eigenvalue weighted by atomic mass is 32.2. The van der Waals surface area contributed by atoms with Gasteiger partial charge in [0.15, 0.2) is 9.84 Å². The van der Waals surface area contributed by atoms with Crippen LogP contribution in [0.25, 0.3) is 0 Å². The average Bonchev–Trinajstić information content (AvgIpc) is 2.56. The van der Waals surface area contributed by atoms with Gasteiger partial charge in [0.1, 0.15) is 0 Å². The number of carbonyl (C=O) groups excluding carboxylic acids is 1. The Morgan fingerprint density at radius 2 is 1.84 bits per heavy atom. The highest BCUT2D eigenvalue weighted by Crippen LogP contribution is 2.26. The van der Waals surface area contributed by atoms with Crippen molar-refractivity contribution in [2.24, 2.45) is 0 Å². The summed E-state index contributed by atoms with van der Waals surface area (Å²) in [5.41, 5.74) is 0.461. The largest absolute Gasteiger partial charge is 0.321 e. The van der Waals surface area contributed by atoms with Crippen LogP contribution in [0, 0.1) is 17.0 Å². The number of nitro groups is 1. The van der Waals surface area contributed by atoms with Crippen molar-refractivity contribution in [3.05, 3.63) is 63.7 Å². The fourth-order valence-corrected chi connectivity index (χ4v) is 3.99. The fraction of sp³-hybridized carbons (Fsp3) is 0.235. The second-order valence-electron chi connectivity index (χ2n) is 5.48. The van der Waals surface area contributed by atoms with Crippen molar-refractivity contribution < 1.29 is 18.1 Å². The van der Waals surface area contributed by atoms with E-state index in [0.29, 0.717) is 12.0 Å². The molecule has 1 amide bonds. The Labute approximate surface area is 145 Å². The molecule has 8 heteroatoms. The first-order chi connectivity index (χ1) is 11.8. The third kappa shape index (κ3) is 4.03. The van der Waals surface area contributed by atoms with Crippen LogP contribution < -0.4 is 5.32 Å². The lowest BCUT2D eigenvalue weighted by Gasteiger charge is -2.12. The lowest BCUT2D eigenvalue weighted by molar-refractivity contribution is -0.385. The van der Waals surface area contributed by atoms with E-state index in [-0.39, 0.29) is 27.6 Å². The molecule has 2 rings (SSSR count). The van der Waals surface area contributed by atoms with Crippen molar-refractivity contribution in [2.45, 2.75) is 25.2 Å². The Morgan fingerprint density at radius 1 is 1.16 bits per heavy atom. The van der Waals surface area contributed by atoms with Gasteiger partial charge >= 0.3 is 0 Å². The van der Waals surface area contributed by atoms with Gasteiger partial charge in [0, 0.05) is 6.07 Å². The van der Waals surface area contributed by atoms with Crippen LogP contribution in [-0.4, -0.2) is 25.0 Å². The van der Waals surface area contributed by atoms with Crippen LogP contribution >= 0.6 is 0 Å². The third-order valence-corrected chi connectivity index (χ3v) is 5.66. The summed E-state index contributed by atoms with van der Waals surface area (Å²) in [6, 6.07) is 10.3. The predicted octanol–water partition coefficient (Wildman–Crippen LogP) is 3.34. The number of nitro benzene ring substituents is 1. The quantitative estimate of drug-likeness (QED) is 0.626. The number of hydrogen-bond donors (Lipinski definition) is 1. The molecule has 7 nitrogen and oxygen atoms in total. The second-order valence-corrected chi connectivity index (χ2v) is 7.55. The SMILES string of the molecule is CCCS(=O)(=O)c1ccccc1C(=O)Nc1cccc([N+](=O)[O-])c1C. The number of benzene rings is 2. The molecule has 2 aromatic rings. The van der Waals surface area contributed by atoms with Gasteiger partial charge in [0.05, 0.1) is 32.4 Å². The van der Waals surface area contributed by atoms with E-state index in [4.69, 9.17) is 0 Å². The molecule has 0 unspecified atom stereocenters. The Bertz CT molecular complexity index is 922. The van der Waals surface area contributed by atoms with Crippen LogP contribution in [0.3, 0.4) is 0 Å². The number of carbonyl (C=O) groups is 1. The van der Waals surface area contributed by atoms with Gasteiger partial charge in [-0.3, -0.25) is 14.9 Å². The number of anilines is 1. The van der Waals surface area contributed by atoms with Gasteiger partial charge in [-0.1, -0.05) is 25.1 Å². The molecule has 0 spiro atoms. The number of nitrogens with zero attached hydrogens (tertiary/aromatic N) is 1. The lowest BCUT2D eigenvalue weighted by atomic mass is 10.1. The summed E-state index contributed by atoms with van der Waals surface area (Å²) in [7, 11) is -3.58. The van der Waals surface area contributed by atoms with E-state index in [9.17, 15) is 23.3 Å². The van der Waals surface area contributed by atoms with Crippen LogP contribution in [0.15, 0.2) is 47.4 Å². The monoisotopic (exact) mass is 362 g/mol. The summed E-state index contributed by atoms with van der Waals surface area (Å²) >= 11 is 0. The van der Waals surface area contributed by atoms with E-state index < -0.39 is 20.7 Å². The van der Waals surface area contributed by atoms with Crippen molar-refractivity contribution in [3.63, 3.8) is 0 Å². The van der Waals surface area contributed by atoms with Crippen LogP contribution in [0.1, 0.15) is 29.3 Å². The van der Waals surface area contributed by atoms with Gasteiger partial charge in [0.25, 0.3) is 11.6 Å². The summed E-state index contributed by atoms with van der Waals surface area (Å²) in [5.74, 6) is -0.688. The van der Waals surface area contributed by atoms with E-state index in [1.165, 1.54) is 37.3 Å². The fourth-order valence-electron chi connectivity index (χ4n) is 2.45. The van der Waals surface area contributed by atoms with E-state index in [1.807, 2.05) is 0 Å². The van der Waals surface area contributed by atoms with Crippen LogP contribution in [0.5, 0.6) is 0 Å². The molecule has 25 heavy (non-hydrogen) atoms. The minimum absolute atomic E-state index is 0.0156. The van der Waals surface area contributed by atoms with E-state index in [2.05, 4.69) is 5.32 Å². The molecule has 0 aliphatic carbocycles. The molecule has 0 atom stereocenters. The summed E-state index contributed by atoms with van der Waals surface area (Å²) in [4.78, 5) is 23.0. The third-order valence-electron chi connectivity index (χ3n) is 3.69. The van der Waals surface area contributed by atoms with Crippen molar-refractivity contribution in [1.29, 1.82) is 0 Å². The summed E-state index contributed by atoms with van der Waals surface area (Å²) in [6.07, 6.45) is 0.433. The average molecular weight is 362 g/mol. The number of nitrogens with one attached hydrogen (secondary N) is 1. The second kappa shape index (κ2) is 7.43. The maximum Gasteiger partial charge on any atom is 0.274 e. The number of hydrogen-bond acceptors (Lipinski definition) is 5. The van der Waals surface area contributed by atoms with E-state index in [1.54, 1.807) is 19.1 Å². The molecule has 0 saturated carbocycles. The molecule has 1 N–H and O–H groups in total. The van der Waals surface area contributed by atoms with Gasteiger partial charge in [0.2, 0.25) is 0 Å². The molecule has 0 aliphatic heterocycles. The van der Waals surface area contributed by atoms with Crippen molar-refractivity contribution in [2.75, 3.05) is 11.1 Å². The first-order valence-corrected chi connectivity index (χ1v) is 9.30. The molecular weight excluding hydrogens is 344 g/mol. The van der Waals surface area contributed by atoms with E-state index in [0.717, 1.165) is 0 Å². The Hall–Kier alpha value is -2.74. The number of sulfone groups is 1. The summed E-state index contributed by atoms with van der Waals surface area (Å²) in [5, 5.41) is 13.6. The molecule has 132 valence electrons. The zero-order valence-corrected chi connectivity index (χ0v) is 14.7. The molecule has 0 heterocycles. The van der Waals surface area contributed by atoms with Crippen LogP contribution in [0.4, 0.5) is 11.4 Å². The van der Waals surface area contributed by atoms with Crippen molar-refractivity contribution >= 4 is 27.1 Å². The van der Waals surface area contributed by atoms with Crippen molar-refractivity contribution in [1.82, 2.24) is 0 Å². The van der Waals surface area contributed by atoms with Crippen LogP contribution in [-0.2, 0) is 9.84 Å². The summed E-state index contributed by atoms with van der Waals surface area (Å²) in [6.45, 7) is 3.26. The van der Waals surface area contributed by atoms with Crippen molar-refractivity contribution in [3.8, 4) is 0 Å². The zero-order chi connectivity index (χ0) is 18.6. The number of amides is 1. The van der Waals surface area contributed by atoms with Gasteiger partial charge in [-0.15, -0.1) is 0 Å².